The highest BCUT2D eigenvalue weighted by Gasteiger charge is 2.68. The molecule has 2 bridgehead atoms. The van der Waals surface area contributed by atoms with Crippen molar-refractivity contribution in [2.24, 2.45) is 5.41 Å². The fourth-order valence-electron chi connectivity index (χ4n) is 4.90. The number of anilines is 1. The molecule has 0 saturated heterocycles. The van der Waals surface area contributed by atoms with Crippen LogP contribution < -0.4 is 10.1 Å². The molecule has 2 aliphatic carbocycles. The number of benzene rings is 1. The highest BCUT2D eigenvalue weighted by Crippen LogP contribution is 2.67. The number of aromatic nitrogens is 2. The van der Waals surface area contributed by atoms with Crippen molar-refractivity contribution in [3.63, 3.8) is 0 Å². The molecule has 1 aromatic heterocycles. The first-order chi connectivity index (χ1) is 14.5. The van der Waals surface area contributed by atoms with E-state index >= 15 is 0 Å². The summed E-state index contributed by atoms with van der Waals surface area (Å²) in [7, 11) is 0. The van der Waals surface area contributed by atoms with Gasteiger partial charge in [0.15, 0.2) is 11.4 Å². The number of hydrogen-bond donors (Lipinski definition) is 1. The van der Waals surface area contributed by atoms with Crippen LogP contribution in [0.15, 0.2) is 24.3 Å². The molecule has 2 aromatic rings. The molecule has 0 unspecified atom stereocenters. The fourth-order valence-corrected chi connectivity index (χ4v) is 4.90. The van der Waals surface area contributed by atoms with E-state index in [1.807, 2.05) is 26.0 Å². The lowest BCUT2D eigenvalue weighted by Crippen LogP contribution is -2.46. The summed E-state index contributed by atoms with van der Waals surface area (Å²) in [6.45, 7) is 3.85. The lowest BCUT2D eigenvalue weighted by molar-refractivity contribution is -0.274. The first-order valence-corrected chi connectivity index (χ1v) is 9.43. The Labute approximate surface area is 175 Å². The second-order valence-corrected chi connectivity index (χ2v) is 8.12. The second-order valence-electron chi connectivity index (χ2n) is 8.12. The Morgan fingerprint density at radius 3 is 2.35 bits per heavy atom. The Balaban J connectivity index is 1.70. The molecule has 7 nitrogen and oxygen atoms in total. The number of rotatable bonds is 3. The average Bonchev–Trinajstić information content (AvgIpc) is 3.08. The normalized spacial score (nSPS) is 22.9. The van der Waals surface area contributed by atoms with Gasteiger partial charge in [-0.05, 0) is 42.5 Å². The molecule has 31 heavy (non-hydrogen) atoms. The van der Waals surface area contributed by atoms with Crippen LogP contribution in [0.3, 0.4) is 0 Å². The zero-order valence-electron chi connectivity index (χ0n) is 16.5. The molecular weight excluding hydrogens is 411 g/mol. The predicted molar refractivity (Wildman–Crippen MR) is 101 cm³/mol. The minimum atomic E-state index is -4.81. The third kappa shape index (κ3) is 2.98. The molecule has 1 fully saturated rings. The number of amides is 1. The van der Waals surface area contributed by atoms with Crippen molar-refractivity contribution in [3.8, 4) is 17.9 Å². The third-order valence-electron chi connectivity index (χ3n) is 6.38. The molecule has 158 valence electrons. The van der Waals surface area contributed by atoms with Crippen LogP contribution in [-0.2, 0) is 10.2 Å². The highest BCUT2D eigenvalue weighted by molar-refractivity contribution is 6.01. The number of nitrogens with zero attached hydrogens (tertiary/aromatic N) is 4. The summed E-state index contributed by atoms with van der Waals surface area (Å²) >= 11 is 0. The van der Waals surface area contributed by atoms with E-state index in [9.17, 15) is 28.5 Å². The van der Waals surface area contributed by atoms with Crippen LogP contribution in [0.5, 0.6) is 5.75 Å². The Hall–Kier alpha value is -3.66. The van der Waals surface area contributed by atoms with Crippen LogP contribution in [-0.4, -0.2) is 22.2 Å². The minimum Gasteiger partial charge on any atom is -0.406 e. The van der Waals surface area contributed by atoms with Gasteiger partial charge in [-0.2, -0.15) is 10.5 Å². The maximum absolute atomic E-state index is 13.5. The van der Waals surface area contributed by atoms with Crippen molar-refractivity contribution in [3.05, 3.63) is 47.0 Å². The quantitative estimate of drug-likeness (QED) is 0.795. The molecule has 1 heterocycles. The molecule has 0 radical (unpaired) electrons. The highest BCUT2D eigenvalue weighted by atomic mass is 19.4. The molecule has 2 aliphatic rings. The average molecular weight is 427 g/mol. The maximum atomic E-state index is 13.5. The number of carbonyl (C=O) groups excluding carboxylic acids is 1. The van der Waals surface area contributed by atoms with E-state index in [4.69, 9.17) is 0 Å². The summed E-state index contributed by atoms with van der Waals surface area (Å²) in [5.74, 6) is -0.890. The zero-order chi connectivity index (χ0) is 22.6. The smallest absolute Gasteiger partial charge is 0.406 e. The van der Waals surface area contributed by atoms with E-state index in [1.165, 1.54) is 12.1 Å². The van der Waals surface area contributed by atoms with Crippen LogP contribution >= 0.6 is 0 Å². The van der Waals surface area contributed by atoms with Crippen LogP contribution in [0.4, 0.5) is 18.9 Å². The minimum absolute atomic E-state index is 0.0691. The van der Waals surface area contributed by atoms with E-state index in [2.05, 4.69) is 20.0 Å². The molecule has 1 aromatic carbocycles. The standard InChI is InChI=1S/C21H16F3N5O2/c1-19(2)13-7-8-20(19,17-16(13)28-14(9-25)15(10-26)29-17)18(30)27-11-3-5-12(6-4-11)31-21(22,23)24/h3-6,13H,7-8H2,1-2H3,(H,27,30)/t13-,20-/m0/s1. The molecule has 0 spiro atoms. The number of halogens is 3. The topological polar surface area (TPSA) is 112 Å². The van der Waals surface area contributed by atoms with Crippen LogP contribution in [0, 0.1) is 28.1 Å². The van der Waals surface area contributed by atoms with Crippen molar-refractivity contribution in [2.45, 2.75) is 44.4 Å². The van der Waals surface area contributed by atoms with Crippen LogP contribution in [0.1, 0.15) is 55.4 Å². The van der Waals surface area contributed by atoms with E-state index in [1.54, 1.807) is 0 Å². The molecule has 1 N–H and O–H groups in total. The van der Waals surface area contributed by atoms with Crippen molar-refractivity contribution < 1.29 is 22.7 Å². The summed E-state index contributed by atoms with van der Waals surface area (Å²) in [5.41, 5.74) is -0.635. The van der Waals surface area contributed by atoms with Gasteiger partial charge < -0.3 is 10.1 Å². The monoisotopic (exact) mass is 427 g/mol. The number of nitriles is 2. The predicted octanol–water partition coefficient (Wildman–Crippen LogP) is 3.91. The number of carbonyl (C=O) groups is 1. The van der Waals surface area contributed by atoms with Gasteiger partial charge in [0.2, 0.25) is 5.91 Å². The molecule has 1 amide bonds. The summed E-state index contributed by atoms with van der Waals surface area (Å²) in [6.07, 6.45) is -3.67. The van der Waals surface area contributed by atoms with Crippen molar-refractivity contribution in [1.29, 1.82) is 10.5 Å². The van der Waals surface area contributed by atoms with Crippen LogP contribution in [0.2, 0.25) is 0 Å². The molecule has 1 saturated carbocycles. The Morgan fingerprint density at radius 2 is 1.77 bits per heavy atom. The molecule has 10 heteroatoms. The van der Waals surface area contributed by atoms with Crippen LogP contribution in [0.25, 0.3) is 0 Å². The first-order valence-electron chi connectivity index (χ1n) is 9.43. The summed E-state index contributed by atoms with van der Waals surface area (Å²) in [6, 6.07) is 8.59. The number of ether oxygens (including phenoxy) is 1. The van der Waals surface area contributed by atoms with Gasteiger partial charge in [0, 0.05) is 11.6 Å². The lowest BCUT2D eigenvalue weighted by Gasteiger charge is -2.36. The fraction of sp³-hybridized carbons (Fsp3) is 0.381. The van der Waals surface area contributed by atoms with Crippen molar-refractivity contribution >= 4 is 11.6 Å². The van der Waals surface area contributed by atoms with E-state index in [-0.39, 0.29) is 23.2 Å². The van der Waals surface area contributed by atoms with Gasteiger partial charge in [-0.3, -0.25) is 4.79 Å². The number of alkyl halides is 3. The van der Waals surface area contributed by atoms with Gasteiger partial charge >= 0.3 is 6.36 Å². The van der Waals surface area contributed by atoms with Gasteiger partial charge in [-0.25, -0.2) is 9.97 Å². The van der Waals surface area contributed by atoms with Gasteiger partial charge in [0.05, 0.1) is 16.8 Å². The van der Waals surface area contributed by atoms with E-state index in [0.717, 1.165) is 12.1 Å². The lowest BCUT2D eigenvalue weighted by atomic mass is 9.67. The molecule has 2 atom stereocenters. The number of hydrogen-bond acceptors (Lipinski definition) is 6. The zero-order valence-corrected chi connectivity index (χ0v) is 16.5. The summed E-state index contributed by atoms with van der Waals surface area (Å²) < 4.78 is 40.9. The Morgan fingerprint density at radius 1 is 1.16 bits per heavy atom. The second kappa shape index (κ2) is 6.67. The molecular formula is C21H16F3N5O2. The number of fused-ring (bicyclic) bond motifs is 5. The number of nitrogens with one attached hydrogen (secondary N) is 1. The third-order valence-corrected chi connectivity index (χ3v) is 6.38. The Bertz CT molecular complexity index is 1160. The van der Waals surface area contributed by atoms with Crippen molar-refractivity contribution in [1.82, 2.24) is 9.97 Å². The van der Waals surface area contributed by atoms with Gasteiger partial charge in [-0.1, -0.05) is 13.8 Å². The van der Waals surface area contributed by atoms with Crippen molar-refractivity contribution in [2.75, 3.05) is 5.32 Å². The molecule has 0 aliphatic heterocycles. The first kappa shape index (κ1) is 20.6. The maximum Gasteiger partial charge on any atom is 0.573 e. The largest absolute Gasteiger partial charge is 0.573 e. The van der Waals surface area contributed by atoms with Gasteiger partial charge in [0.1, 0.15) is 17.9 Å². The van der Waals surface area contributed by atoms with E-state index in [0.29, 0.717) is 29.9 Å². The molecule has 4 rings (SSSR count). The SMILES string of the molecule is CC1(C)[C@H]2CC[C@@]1(C(=O)Nc1ccc(OC(F)(F)F)cc1)c1nc(C#N)c(C#N)nc12. The van der Waals surface area contributed by atoms with Gasteiger partial charge in [-0.15, -0.1) is 13.2 Å². The summed E-state index contributed by atoms with van der Waals surface area (Å²) in [4.78, 5) is 22.2. The Kier molecular flexibility index (Phi) is 4.44. The van der Waals surface area contributed by atoms with E-state index < -0.39 is 22.9 Å². The van der Waals surface area contributed by atoms with Gasteiger partial charge in [0.25, 0.3) is 0 Å². The summed E-state index contributed by atoms with van der Waals surface area (Å²) in [5, 5.41) is 21.4.